The van der Waals surface area contributed by atoms with Gasteiger partial charge in [-0.05, 0) is 84.1 Å². The Labute approximate surface area is 187 Å². The predicted molar refractivity (Wildman–Crippen MR) is 120 cm³/mol. The maximum Gasteiger partial charge on any atom is 0.271 e. The van der Waals surface area contributed by atoms with Crippen LogP contribution in [0.1, 0.15) is 5.56 Å². The number of fused-ring (bicyclic) bond motifs is 1. The first kappa shape index (κ1) is 20.3. The summed E-state index contributed by atoms with van der Waals surface area (Å²) in [6.45, 7) is 0.963. The van der Waals surface area contributed by atoms with E-state index >= 15 is 0 Å². The van der Waals surface area contributed by atoms with E-state index in [0.29, 0.717) is 46.2 Å². The van der Waals surface area contributed by atoms with Crippen LogP contribution in [-0.4, -0.2) is 24.3 Å². The summed E-state index contributed by atoms with van der Waals surface area (Å²) in [5, 5.41) is 0.386. The molecule has 1 amide bonds. The van der Waals surface area contributed by atoms with Gasteiger partial charge in [-0.1, -0.05) is 6.07 Å². The maximum atomic E-state index is 13.4. The van der Waals surface area contributed by atoms with E-state index in [0.717, 1.165) is 5.56 Å². The molecule has 0 spiro atoms. The molecule has 32 heavy (non-hydrogen) atoms. The summed E-state index contributed by atoms with van der Waals surface area (Å²) in [5.74, 6) is 0.208. The minimum Gasteiger partial charge on any atom is -0.486 e. The van der Waals surface area contributed by atoms with Crippen molar-refractivity contribution >= 4 is 40.3 Å². The molecule has 3 aromatic carbocycles. The van der Waals surface area contributed by atoms with Gasteiger partial charge >= 0.3 is 0 Å². The quantitative estimate of drug-likeness (QED) is 0.492. The Morgan fingerprint density at radius 2 is 1.53 bits per heavy atom. The van der Waals surface area contributed by atoms with Gasteiger partial charge in [-0.3, -0.25) is 9.69 Å². The monoisotopic (exact) mass is 450 g/mol. The summed E-state index contributed by atoms with van der Waals surface area (Å²) in [4.78, 5) is 19.7. The van der Waals surface area contributed by atoms with Gasteiger partial charge < -0.3 is 9.47 Å². The standard InChI is InChI=1S/C24H16F2N2O3S/c25-16-2-6-18(7-3-16)27-24-28(19-8-4-17(26)5-9-19)23(29)22(32-24)14-15-1-10-20-21(13-15)31-12-11-30-20/h1-10,13-14H,11-12H2/b22-14-,27-24-. The van der Waals surface area contributed by atoms with E-state index < -0.39 is 5.82 Å². The van der Waals surface area contributed by atoms with Gasteiger partial charge in [-0.2, -0.15) is 0 Å². The largest absolute Gasteiger partial charge is 0.486 e. The highest BCUT2D eigenvalue weighted by Crippen LogP contribution is 2.38. The second-order valence-corrected chi connectivity index (χ2v) is 8.01. The molecule has 0 aromatic heterocycles. The third-order valence-corrected chi connectivity index (χ3v) is 5.78. The second kappa shape index (κ2) is 8.47. The number of thioether (sulfide) groups is 1. The molecule has 160 valence electrons. The zero-order chi connectivity index (χ0) is 22.1. The van der Waals surface area contributed by atoms with Crippen molar-refractivity contribution in [1.29, 1.82) is 0 Å². The van der Waals surface area contributed by atoms with E-state index in [4.69, 9.17) is 9.47 Å². The van der Waals surface area contributed by atoms with Crippen LogP contribution in [0.5, 0.6) is 11.5 Å². The van der Waals surface area contributed by atoms with E-state index in [1.807, 2.05) is 12.1 Å². The zero-order valence-electron chi connectivity index (χ0n) is 16.6. The van der Waals surface area contributed by atoms with Crippen molar-refractivity contribution in [2.24, 2.45) is 4.99 Å². The Morgan fingerprint density at radius 1 is 0.875 bits per heavy atom. The number of amides is 1. The zero-order valence-corrected chi connectivity index (χ0v) is 17.4. The molecular formula is C24H16F2N2O3S. The molecule has 0 saturated carbocycles. The molecule has 5 rings (SSSR count). The lowest BCUT2D eigenvalue weighted by atomic mass is 10.1. The number of amidine groups is 1. The van der Waals surface area contributed by atoms with Gasteiger partial charge in [0.15, 0.2) is 16.7 Å². The average Bonchev–Trinajstić information content (AvgIpc) is 3.10. The van der Waals surface area contributed by atoms with Crippen molar-refractivity contribution in [3.8, 4) is 11.5 Å². The van der Waals surface area contributed by atoms with Crippen molar-refractivity contribution in [1.82, 2.24) is 0 Å². The molecule has 3 aromatic rings. The Hall–Kier alpha value is -3.65. The van der Waals surface area contributed by atoms with E-state index in [-0.39, 0.29) is 11.7 Å². The molecule has 2 aliphatic heterocycles. The van der Waals surface area contributed by atoms with Crippen LogP contribution in [0.15, 0.2) is 76.6 Å². The van der Waals surface area contributed by atoms with Crippen LogP contribution in [0.4, 0.5) is 20.2 Å². The summed E-state index contributed by atoms with van der Waals surface area (Å²) in [6.07, 6.45) is 1.74. The van der Waals surface area contributed by atoms with E-state index in [1.165, 1.54) is 65.2 Å². The summed E-state index contributed by atoms with van der Waals surface area (Å²) in [5.41, 5.74) is 1.75. The molecule has 1 saturated heterocycles. The van der Waals surface area contributed by atoms with E-state index in [2.05, 4.69) is 4.99 Å². The first-order chi connectivity index (χ1) is 15.6. The third kappa shape index (κ3) is 4.09. The lowest BCUT2D eigenvalue weighted by Gasteiger charge is -2.18. The van der Waals surface area contributed by atoms with Crippen molar-refractivity contribution < 1.29 is 23.0 Å². The molecular weight excluding hydrogens is 434 g/mol. The summed E-state index contributed by atoms with van der Waals surface area (Å²) in [6, 6.07) is 16.7. The third-order valence-electron chi connectivity index (χ3n) is 4.81. The molecule has 2 heterocycles. The fraction of sp³-hybridized carbons (Fsp3) is 0.0833. The van der Waals surface area contributed by atoms with Crippen LogP contribution in [0.2, 0.25) is 0 Å². The number of rotatable bonds is 3. The molecule has 5 nitrogen and oxygen atoms in total. The lowest BCUT2D eigenvalue weighted by molar-refractivity contribution is -0.113. The minimum atomic E-state index is -0.405. The van der Waals surface area contributed by atoms with Gasteiger partial charge in [0.25, 0.3) is 5.91 Å². The van der Waals surface area contributed by atoms with Gasteiger partial charge in [0, 0.05) is 0 Å². The maximum absolute atomic E-state index is 13.4. The molecule has 0 atom stereocenters. The van der Waals surface area contributed by atoms with Gasteiger partial charge in [0.2, 0.25) is 0 Å². The molecule has 8 heteroatoms. The van der Waals surface area contributed by atoms with Crippen LogP contribution in [0.25, 0.3) is 6.08 Å². The fourth-order valence-corrected chi connectivity index (χ4v) is 4.29. The number of ether oxygens (including phenoxy) is 2. The van der Waals surface area contributed by atoms with Gasteiger partial charge in [0.05, 0.1) is 16.3 Å². The lowest BCUT2D eigenvalue weighted by Crippen LogP contribution is -2.28. The van der Waals surface area contributed by atoms with Gasteiger partial charge in [0.1, 0.15) is 24.8 Å². The van der Waals surface area contributed by atoms with Gasteiger partial charge in [-0.15, -0.1) is 0 Å². The smallest absolute Gasteiger partial charge is 0.271 e. The van der Waals surface area contributed by atoms with Crippen molar-refractivity contribution in [3.63, 3.8) is 0 Å². The van der Waals surface area contributed by atoms with Crippen LogP contribution in [0.3, 0.4) is 0 Å². The Balaban J connectivity index is 1.53. The van der Waals surface area contributed by atoms with Crippen LogP contribution < -0.4 is 14.4 Å². The number of hydrogen-bond acceptors (Lipinski definition) is 5. The number of carbonyl (C=O) groups is 1. The molecule has 1 fully saturated rings. The van der Waals surface area contributed by atoms with Crippen molar-refractivity contribution in [2.45, 2.75) is 0 Å². The fourth-order valence-electron chi connectivity index (χ4n) is 3.29. The molecule has 0 radical (unpaired) electrons. The highest BCUT2D eigenvalue weighted by molar-refractivity contribution is 8.19. The SMILES string of the molecule is O=C1/C(=C/c2ccc3c(c2)OCCO3)S/C(=N\c2ccc(F)cc2)N1c1ccc(F)cc1. The first-order valence-electron chi connectivity index (χ1n) is 9.80. The Morgan fingerprint density at radius 3 is 2.25 bits per heavy atom. The molecule has 0 unspecified atom stereocenters. The molecule has 2 aliphatic rings. The number of carbonyl (C=O) groups excluding carboxylic acids is 1. The molecule has 0 aliphatic carbocycles. The van der Waals surface area contributed by atoms with E-state index in [1.54, 1.807) is 12.1 Å². The highest BCUT2D eigenvalue weighted by Gasteiger charge is 2.35. The number of benzene rings is 3. The minimum absolute atomic E-state index is 0.294. The predicted octanol–water partition coefficient (Wildman–Crippen LogP) is 5.54. The number of nitrogens with zero attached hydrogens (tertiary/aromatic N) is 2. The topological polar surface area (TPSA) is 51.1 Å². The van der Waals surface area contributed by atoms with Gasteiger partial charge in [-0.25, -0.2) is 13.8 Å². The number of anilines is 1. The summed E-state index contributed by atoms with van der Waals surface area (Å²) >= 11 is 1.19. The normalized spacial score (nSPS) is 17.9. The Kier molecular flexibility index (Phi) is 5.36. The van der Waals surface area contributed by atoms with E-state index in [9.17, 15) is 13.6 Å². The molecule has 0 N–H and O–H groups in total. The second-order valence-electron chi connectivity index (χ2n) is 7.00. The average molecular weight is 450 g/mol. The first-order valence-corrected chi connectivity index (χ1v) is 10.6. The molecule has 0 bridgehead atoms. The number of hydrogen-bond donors (Lipinski definition) is 0. The Bertz CT molecular complexity index is 1240. The summed E-state index contributed by atoms with van der Waals surface area (Å²) < 4.78 is 37.9. The van der Waals surface area contributed by atoms with Crippen LogP contribution in [0, 0.1) is 11.6 Å². The summed E-state index contributed by atoms with van der Waals surface area (Å²) in [7, 11) is 0. The highest BCUT2D eigenvalue weighted by atomic mass is 32.2. The van der Waals surface area contributed by atoms with Crippen LogP contribution >= 0.6 is 11.8 Å². The van der Waals surface area contributed by atoms with Crippen LogP contribution in [-0.2, 0) is 4.79 Å². The number of aliphatic imine (C=N–C) groups is 1. The number of halogens is 2. The van der Waals surface area contributed by atoms with Crippen molar-refractivity contribution in [3.05, 3.63) is 88.8 Å². The van der Waals surface area contributed by atoms with Crippen molar-refractivity contribution in [2.75, 3.05) is 18.1 Å².